The molecule has 0 N–H and O–H groups in total. The predicted octanol–water partition coefficient (Wildman–Crippen LogP) is 3.25. The molecule has 2 atom stereocenters. The van der Waals surface area contributed by atoms with Gasteiger partial charge in [-0.3, -0.25) is 4.79 Å². The molecule has 1 saturated heterocycles. The fourth-order valence-electron chi connectivity index (χ4n) is 3.56. The highest BCUT2D eigenvalue weighted by Crippen LogP contribution is 2.30. The van der Waals surface area contributed by atoms with E-state index in [1.807, 2.05) is 41.3 Å². The first-order valence-corrected chi connectivity index (χ1v) is 8.50. The molecular formula is C19H21NO4. The smallest absolute Gasteiger partial charge is 0.289 e. The first-order chi connectivity index (χ1) is 11.8. The zero-order valence-corrected chi connectivity index (χ0v) is 13.5. The number of hydrogen-bond acceptors (Lipinski definition) is 4. The first kappa shape index (κ1) is 15.3. The van der Waals surface area contributed by atoms with E-state index in [0.717, 1.165) is 25.0 Å². The molecule has 2 fully saturated rings. The molecule has 1 aliphatic heterocycles. The molecule has 2 aromatic rings. The number of carbonyl (C=O) groups excluding carboxylic acids is 1. The van der Waals surface area contributed by atoms with Gasteiger partial charge in [0.25, 0.3) is 5.91 Å². The third-order valence-electron chi connectivity index (χ3n) is 4.74. The Hall–Kier alpha value is -2.27. The minimum absolute atomic E-state index is 0.0406. The predicted molar refractivity (Wildman–Crippen MR) is 87.9 cm³/mol. The highest BCUT2D eigenvalue weighted by molar-refractivity contribution is 5.92. The average molecular weight is 327 g/mol. The van der Waals surface area contributed by atoms with Crippen molar-refractivity contribution in [2.45, 2.75) is 38.0 Å². The van der Waals surface area contributed by atoms with Crippen molar-refractivity contribution in [1.82, 2.24) is 4.90 Å². The Kier molecular flexibility index (Phi) is 4.26. The normalized spacial score (nSPS) is 23.1. The summed E-state index contributed by atoms with van der Waals surface area (Å²) in [6.07, 6.45) is 3.37. The lowest BCUT2D eigenvalue weighted by Crippen LogP contribution is -2.51. The Morgan fingerprint density at radius 3 is 2.92 bits per heavy atom. The van der Waals surface area contributed by atoms with Gasteiger partial charge in [0.1, 0.15) is 18.1 Å². The van der Waals surface area contributed by atoms with Crippen LogP contribution in [0.25, 0.3) is 0 Å². The molecule has 126 valence electrons. The summed E-state index contributed by atoms with van der Waals surface area (Å²) in [5.41, 5.74) is 0. The number of rotatable bonds is 4. The Balaban J connectivity index is 1.41. The monoisotopic (exact) mass is 327 g/mol. The molecule has 5 heteroatoms. The highest BCUT2D eigenvalue weighted by atomic mass is 16.5. The van der Waals surface area contributed by atoms with Gasteiger partial charge in [-0.15, -0.1) is 0 Å². The number of para-hydroxylation sites is 1. The van der Waals surface area contributed by atoms with E-state index >= 15 is 0 Å². The van der Waals surface area contributed by atoms with Gasteiger partial charge < -0.3 is 18.8 Å². The number of ether oxygens (including phenoxy) is 2. The van der Waals surface area contributed by atoms with Crippen molar-refractivity contribution in [3.05, 3.63) is 54.0 Å². The van der Waals surface area contributed by atoms with Crippen molar-refractivity contribution in [2.75, 3.05) is 13.2 Å². The van der Waals surface area contributed by atoms with Gasteiger partial charge in [-0.2, -0.15) is 0 Å². The van der Waals surface area contributed by atoms with E-state index in [1.54, 1.807) is 6.07 Å². The van der Waals surface area contributed by atoms with Crippen LogP contribution in [-0.2, 0) is 11.3 Å². The zero-order valence-electron chi connectivity index (χ0n) is 13.5. The largest absolute Gasteiger partial charge is 0.486 e. The lowest BCUT2D eigenvalue weighted by atomic mass is 10.1. The van der Waals surface area contributed by atoms with Crippen molar-refractivity contribution in [2.24, 2.45) is 0 Å². The van der Waals surface area contributed by atoms with Gasteiger partial charge in [-0.25, -0.2) is 0 Å². The van der Waals surface area contributed by atoms with E-state index in [2.05, 4.69) is 0 Å². The fourth-order valence-corrected chi connectivity index (χ4v) is 3.56. The summed E-state index contributed by atoms with van der Waals surface area (Å²) in [5.74, 6) is 1.78. The van der Waals surface area contributed by atoms with Crippen molar-refractivity contribution >= 4 is 5.91 Å². The van der Waals surface area contributed by atoms with Crippen LogP contribution in [0.15, 0.2) is 46.9 Å². The maximum absolute atomic E-state index is 12.8. The number of morpholine rings is 1. The topological polar surface area (TPSA) is 51.9 Å². The first-order valence-electron chi connectivity index (χ1n) is 8.50. The fraction of sp³-hybridized carbons (Fsp3) is 0.421. The molecule has 24 heavy (non-hydrogen) atoms. The van der Waals surface area contributed by atoms with E-state index in [9.17, 15) is 4.79 Å². The number of fused-ring (bicyclic) bond motifs is 1. The van der Waals surface area contributed by atoms with E-state index in [4.69, 9.17) is 13.9 Å². The Morgan fingerprint density at radius 1 is 1.17 bits per heavy atom. The average Bonchev–Trinajstić information content (AvgIpc) is 3.29. The maximum Gasteiger partial charge on any atom is 0.289 e. The molecule has 0 unspecified atom stereocenters. The zero-order chi connectivity index (χ0) is 16.4. The van der Waals surface area contributed by atoms with E-state index < -0.39 is 0 Å². The molecule has 0 spiro atoms. The van der Waals surface area contributed by atoms with Gasteiger partial charge in [-0.05, 0) is 43.5 Å². The quantitative estimate of drug-likeness (QED) is 0.865. The van der Waals surface area contributed by atoms with Gasteiger partial charge >= 0.3 is 0 Å². The molecule has 2 heterocycles. The minimum Gasteiger partial charge on any atom is -0.486 e. The second kappa shape index (κ2) is 6.69. The van der Waals surface area contributed by atoms with Crippen LogP contribution in [0, 0.1) is 0 Å². The van der Waals surface area contributed by atoms with Gasteiger partial charge in [-0.1, -0.05) is 18.2 Å². The van der Waals surface area contributed by atoms with Crippen LogP contribution in [0.5, 0.6) is 5.75 Å². The van der Waals surface area contributed by atoms with Crippen molar-refractivity contribution in [1.29, 1.82) is 0 Å². The van der Waals surface area contributed by atoms with Crippen molar-refractivity contribution < 1.29 is 18.7 Å². The van der Waals surface area contributed by atoms with Crippen LogP contribution in [0.2, 0.25) is 0 Å². The number of furan rings is 1. The van der Waals surface area contributed by atoms with Gasteiger partial charge in [0.05, 0.1) is 18.8 Å². The van der Waals surface area contributed by atoms with E-state index in [1.165, 1.54) is 0 Å². The number of nitrogens with zero attached hydrogens (tertiary/aromatic N) is 1. The summed E-state index contributed by atoms with van der Waals surface area (Å²) in [4.78, 5) is 14.7. The Bertz CT molecular complexity index is 696. The van der Waals surface area contributed by atoms with Gasteiger partial charge in [0.15, 0.2) is 5.76 Å². The molecular weight excluding hydrogens is 306 g/mol. The highest BCUT2D eigenvalue weighted by Gasteiger charge is 2.39. The van der Waals surface area contributed by atoms with Crippen molar-refractivity contribution in [3.8, 4) is 5.75 Å². The second-order valence-corrected chi connectivity index (χ2v) is 6.27. The van der Waals surface area contributed by atoms with Crippen LogP contribution >= 0.6 is 0 Å². The number of amides is 1. The molecule has 1 saturated carbocycles. The molecule has 2 aliphatic rings. The molecule has 1 aliphatic carbocycles. The standard InChI is InChI=1S/C19H21NO4/c21-19(20-11-12-22-17-8-4-7-16(17)20)18-10-9-15(24-18)13-23-14-5-2-1-3-6-14/h1-3,5-6,9-10,16-17H,4,7-8,11-13H2/t16-,17+/m1/s1. The minimum atomic E-state index is -0.0406. The van der Waals surface area contributed by atoms with Crippen LogP contribution < -0.4 is 4.74 Å². The number of carbonyl (C=O) groups is 1. The number of hydrogen-bond donors (Lipinski definition) is 0. The second-order valence-electron chi connectivity index (χ2n) is 6.27. The molecule has 0 bridgehead atoms. The van der Waals surface area contributed by atoms with Gasteiger partial charge in [0, 0.05) is 6.54 Å². The lowest BCUT2D eigenvalue weighted by molar-refractivity contribution is -0.0454. The van der Waals surface area contributed by atoms with Crippen LogP contribution in [0.4, 0.5) is 0 Å². The molecule has 1 aromatic heterocycles. The van der Waals surface area contributed by atoms with Gasteiger partial charge in [0.2, 0.25) is 0 Å². The SMILES string of the molecule is O=C(c1ccc(COc2ccccc2)o1)N1CCO[C@H]2CCC[C@H]21. The van der Waals surface area contributed by atoms with E-state index in [0.29, 0.717) is 31.3 Å². The third kappa shape index (κ3) is 3.04. The number of benzene rings is 1. The molecule has 4 rings (SSSR count). The molecule has 0 radical (unpaired) electrons. The summed E-state index contributed by atoms with van der Waals surface area (Å²) in [6.45, 7) is 1.56. The van der Waals surface area contributed by atoms with Crippen LogP contribution in [-0.4, -0.2) is 36.1 Å². The third-order valence-corrected chi connectivity index (χ3v) is 4.74. The Morgan fingerprint density at radius 2 is 2.04 bits per heavy atom. The Labute approximate surface area is 141 Å². The van der Waals surface area contributed by atoms with E-state index in [-0.39, 0.29) is 18.1 Å². The lowest BCUT2D eigenvalue weighted by Gasteiger charge is -2.37. The summed E-state index contributed by atoms with van der Waals surface area (Å²) >= 11 is 0. The maximum atomic E-state index is 12.8. The molecule has 5 nitrogen and oxygen atoms in total. The summed E-state index contributed by atoms with van der Waals surface area (Å²) in [5, 5.41) is 0. The van der Waals surface area contributed by atoms with Crippen LogP contribution in [0.1, 0.15) is 35.6 Å². The molecule has 1 aromatic carbocycles. The summed E-state index contributed by atoms with van der Waals surface area (Å²) < 4.78 is 17.1. The summed E-state index contributed by atoms with van der Waals surface area (Å²) in [7, 11) is 0. The molecule has 1 amide bonds. The van der Waals surface area contributed by atoms with Crippen molar-refractivity contribution in [3.63, 3.8) is 0 Å². The summed E-state index contributed by atoms with van der Waals surface area (Å²) in [6, 6.07) is 13.3. The van der Waals surface area contributed by atoms with Crippen LogP contribution in [0.3, 0.4) is 0 Å².